The van der Waals surface area contributed by atoms with E-state index in [0.29, 0.717) is 18.3 Å². The Morgan fingerprint density at radius 2 is 1.79 bits per heavy atom. The molecule has 2 heterocycles. The van der Waals surface area contributed by atoms with E-state index in [2.05, 4.69) is 47.3 Å². The monoisotopic (exact) mass is 506 g/mol. The van der Waals surface area contributed by atoms with Gasteiger partial charge in [-0.1, -0.05) is 56.3 Å². The number of benzene rings is 3. The normalized spacial score (nSPS) is 11.2. The maximum absolute atomic E-state index is 14.0. The summed E-state index contributed by atoms with van der Waals surface area (Å²) < 4.78 is 14.0. The highest BCUT2D eigenvalue weighted by molar-refractivity contribution is 6.16. The molecule has 0 fully saturated rings. The van der Waals surface area contributed by atoms with Crippen molar-refractivity contribution in [1.82, 2.24) is 15.0 Å². The Kier molecular flexibility index (Phi) is 6.70. The molecule has 2 aromatic heterocycles. The van der Waals surface area contributed by atoms with E-state index in [9.17, 15) is 9.50 Å². The molecule has 5 rings (SSSR count). The standard InChI is InChI=1S/C30H27FN6O/c1-17(2)23-8-4-5-9-24(23)28-20(11-18-7-3-6-10-25(18)37-28)15-34-30-26(29(33)35-16-36-30)27(32)19-12-21(31)14-22(38)13-19/h3-14,16-17,32,38H,15H2,1-2H3,(H3,33,34,35,36). The number of nitrogens with two attached hydrogens (primary N) is 1. The molecule has 7 nitrogen and oxygen atoms in total. The van der Waals surface area contributed by atoms with Crippen molar-refractivity contribution in [2.75, 3.05) is 11.1 Å². The lowest BCUT2D eigenvalue weighted by atomic mass is 9.92. The van der Waals surface area contributed by atoms with Crippen molar-refractivity contribution >= 4 is 28.3 Å². The number of anilines is 2. The van der Waals surface area contributed by atoms with Crippen LogP contribution in [0.5, 0.6) is 5.75 Å². The SMILES string of the molecule is CC(C)c1ccccc1-c1nc2ccccc2cc1CNc1ncnc(N)c1C(=N)c1cc(O)cc(F)c1. The van der Waals surface area contributed by atoms with Gasteiger partial charge < -0.3 is 16.2 Å². The second kappa shape index (κ2) is 10.3. The Bertz CT molecular complexity index is 1650. The zero-order chi connectivity index (χ0) is 26.8. The number of nitrogens with zero attached hydrogens (tertiary/aromatic N) is 3. The zero-order valence-electron chi connectivity index (χ0n) is 21.0. The van der Waals surface area contributed by atoms with E-state index < -0.39 is 5.82 Å². The number of aromatic hydroxyl groups is 1. The number of aromatic nitrogens is 3. The molecule has 3 aromatic carbocycles. The molecule has 5 N–H and O–H groups in total. The molecule has 0 unspecified atom stereocenters. The predicted octanol–water partition coefficient (Wildman–Crippen LogP) is 6.27. The summed E-state index contributed by atoms with van der Waals surface area (Å²) >= 11 is 0. The number of pyridine rings is 1. The minimum absolute atomic E-state index is 0.0678. The second-order valence-corrected chi connectivity index (χ2v) is 9.34. The number of phenolic OH excluding ortho intramolecular Hbond substituents is 1. The van der Waals surface area contributed by atoms with Gasteiger partial charge in [0.1, 0.15) is 29.5 Å². The van der Waals surface area contributed by atoms with Gasteiger partial charge in [-0.3, -0.25) is 5.41 Å². The van der Waals surface area contributed by atoms with Gasteiger partial charge in [0, 0.05) is 29.1 Å². The number of para-hydroxylation sites is 1. The van der Waals surface area contributed by atoms with Crippen LogP contribution in [0, 0.1) is 11.2 Å². The summed E-state index contributed by atoms with van der Waals surface area (Å²) in [5, 5.41) is 22.8. The van der Waals surface area contributed by atoms with Crippen LogP contribution < -0.4 is 11.1 Å². The van der Waals surface area contributed by atoms with Crippen molar-refractivity contribution in [2.24, 2.45) is 0 Å². The van der Waals surface area contributed by atoms with E-state index in [1.54, 1.807) is 0 Å². The van der Waals surface area contributed by atoms with E-state index in [4.69, 9.17) is 16.1 Å². The molecule has 0 aliphatic rings. The molecule has 0 atom stereocenters. The first kappa shape index (κ1) is 24.8. The molecule has 0 saturated heterocycles. The molecule has 5 aromatic rings. The highest BCUT2D eigenvalue weighted by atomic mass is 19.1. The summed E-state index contributed by atoms with van der Waals surface area (Å²) in [7, 11) is 0. The minimum Gasteiger partial charge on any atom is -0.508 e. The number of nitrogens with one attached hydrogen (secondary N) is 2. The van der Waals surface area contributed by atoms with Crippen molar-refractivity contribution < 1.29 is 9.50 Å². The van der Waals surface area contributed by atoms with Gasteiger partial charge in [-0.05, 0) is 41.3 Å². The van der Waals surface area contributed by atoms with Crippen LogP contribution in [0.1, 0.15) is 42.0 Å². The number of hydrogen-bond donors (Lipinski definition) is 4. The first-order valence-electron chi connectivity index (χ1n) is 12.2. The fourth-order valence-electron chi connectivity index (χ4n) is 4.57. The molecule has 190 valence electrons. The van der Waals surface area contributed by atoms with Crippen molar-refractivity contribution in [1.29, 1.82) is 5.41 Å². The quantitative estimate of drug-likeness (QED) is 0.193. The van der Waals surface area contributed by atoms with Crippen LogP contribution in [0.2, 0.25) is 0 Å². The summed E-state index contributed by atoms with van der Waals surface area (Å²) in [5.74, 6) is -0.256. The summed E-state index contributed by atoms with van der Waals surface area (Å²) in [6, 6.07) is 21.7. The van der Waals surface area contributed by atoms with Crippen LogP contribution in [0.15, 0.2) is 79.1 Å². The third-order valence-electron chi connectivity index (χ3n) is 6.38. The van der Waals surface area contributed by atoms with Crippen molar-refractivity contribution in [3.63, 3.8) is 0 Å². The Balaban J connectivity index is 1.57. The van der Waals surface area contributed by atoms with Crippen LogP contribution >= 0.6 is 0 Å². The summed E-state index contributed by atoms with van der Waals surface area (Å²) in [5.41, 5.74) is 11.4. The zero-order valence-corrected chi connectivity index (χ0v) is 21.0. The van der Waals surface area contributed by atoms with E-state index >= 15 is 0 Å². The first-order chi connectivity index (χ1) is 18.3. The molecule has 0 spiro atoms. The maximum Gasteiger partial charge on any atom is 0.141 e. The van der Waals surface area contributed by atoms with Gasteiger partial charge in [-0.2, -0.15) is 0 Å². The topological polar surface area (TPSA) is 121 Å². The van der Waals surface area contributed by atoms with E-state index in [-0.39, 0.29) is 28.4 Å². The minimum atomic E-state index is -0.662. The fraction of sp³-hybridized carbons (Fsp3) is 0.133. The van der Waals surface area contributed by atoms with Gasteiger partial charge in [0.25, 0.3) is 0 Å². The van der Waals surface area contributed by atoms with Crippen LogP contribution in [-0.2, 0) is 6.54 Å². The molecule has 0 aliphatic heterocycles. The lowest BCUT2D eigenvalue weighted by Crippen LogP contribution is -2.14. The van der Waals surface area contributed by atoms with E-state index in [0.717, 1.165) is 39.9 Å². The van der Waals surface area contributed by atoms with Gasteiger partial charge >= 0.3 is 0 Å². The maximum atomic E-state index is 14.0. The average Bonchev–Trinajstić information content (AvgIpc) is 2.90. The van der Waals surface area contributed by atoms with Crippen molar-refractivity contribution in [2.45, 2.75) is 26.3 Å². The number of hydrogen-bond acceptors (Lipinski definition) is 7. The van der Waals surface area contributed by atoms with Gasteiger partial charge in [0.2, 0.25) is 0 Å². The molecule has 0 amide bonds. The molecule has 0 radical (unpaired) electrons. The molecular formula is C30H27FN6O. The first-order valence-corrected chi connectivity index (χ1v) is 12.2. The predicted molar refractivity (Wildman–Crippen MR) is 149 cm³/mol. The van der Waals surface area contributed by atoms with Gasteiger partial charge in [-0.15, -0.1) is 0 Å². The summed E-state index contributed by atoms with van der Waals surface area (Å²) in [4.78, 5) is 13.4. The smallest absolute Gasteiger partial charge is 0.141 e. The molecule has 0 aliphatic carbocycles. The Labute approximate surface area is 219 Å². The van der Waals surface area contributed by atoms with Crippen LogP contribution in [0.3, 0.4) is 0 Å². The second-order valence-electron chi connectivity index (χ2n) is 9.34. The molecule has 0 bridgehead atoms. The third-order valence-corrected chi connectivity index (χ3v) is 6.38. The Morgan fingerprint density at radius 3 is 2.58 bits per heavy atom. The fourth-order valence-corrected chi connectivity index (χ4v) is 4.57. The average molecular weight is 507 g/mol. The van der Waals surface area contributed by atoms with Crippen LogP contribution in [0.4, 0.5) is 16.0 Å². The Hall–Kier alpha value is -4.85. The van der Waals surface area contributed by atoms with Gasteiger partial charge in [0.15, 0.2) is 0 Å². The lowest BCUT2D eigenvalue weighted by Gasteiger charge is -2.18. The summed E-state index contributed by atoms with van der Waals surface area (Å²) in [6.07, 6.45) is 1.31. The Morgan fingerprint density at radius 1 is 1.03 bits per heavy atom. The van der Waals surface area contributed by atoms with Crippen molar-refractivity contribution in [3.05, 3.63) is 107 Å². The highest BCUT2D eigenvalue weighted by Crippen LogP contribution is 2.33. The van der Waals surface area contributed by atoms with E-state index in [1.807, 2.05) is 36.4 Å². The van der Waals surface area contributed by atoms with Crippen molar-refractivity contribution in [3.8, 4) is 17.0 Å². The van der Waals surface area contributed by atoms with Crippen LogP contribution in [0.25, 0.3) is 22.2 Å². The third kappa shape index (κ3) is 4.88. The molecule has 0 saturated carbocycles. The van der Waals surface area contributed by atoms with Gasteiger partial charge in [-0.25, -0.2) is 19.3 Å². The number of halogens is 1. The lowest BCUT2D eigenvalue weighted by molar-refractivity contribution is 0.469. The van der Waals surface area contributed by atoms with E-state index in [1.165, 1.54) is 18.0 Å². The number of phenols is 1. The number of rotatable bonds is 7. The highest BCUT2D eigenvalue weighted by Gasteiger charge is 2.19. The summed E-state index contributed by atoms with van der Waals surface area (Å²) in [6.45, 7) is 4.65. The molecular weight excluding hydrogens is 479 g/mol. The largest absolute Gasteiger partial charge is 0.508 e. The molecule has 8 heteroatoms. The molecule has 38 heavy (non-hydrogen) atoms. The number of fused-ring (bicyclic) bond motifs is 1. The van der Waals surface area contributed by atoms with Gasteiger partial charge in [0.05, 0.1) is 22.5 Å². The van der Waals surface area contributed by atoms with Crippen LogP contribution in [-0.4, -0.2) is 25.8 Å². The number of nitrogen functional groups attached to an aromatic ring is 1.